The zero-order valence-corrected chi connectivity index (χ0v) is 33.5. The molecule has 4 atom stereocenters. The maximum Gasteiger partial charge on any atom is 0.410 e. The Morgan fingerprint density at radius 2 is 1.61 bits per heavy atom. The SMILES string of the molecule is CC(C)[C@H](CC(=O)CCOCCC(C)(C)C)C(=O)N[C@@H](CCCNC(N)=O)C(=O)Cc1ccc(COC(=O)N2C[C@@H](F)C[C@H]2COC(=O)C(C)(C)C)cc1. The maximum absolute atomic E-state index is 14.2. The van der Waals surface area contributed by atoms with Gasteiger partial charge in [0, 0.05) is 44.8 Å². The lowest BCUT2D eigenvalue weighted by Crippen LogP contribution is -2.46. The summed E-state index contributed by atoms with van der Waals surface area (Å²) in [5.74, 6) is -1.98. The van der Waals surface area contributed by atoms with E-state index in [0.717, 1.165) is 6.42 Å². The minimum Gasteiger partial charge on any atom is -0.463 e. The number of amides is 4. The molecule has 0 unspecified atom stereocenters. The molecule has 1 heterocycles. The number of hydrogen-bond acceptors (Lipinski definition) is 9. The quantitative estimate of drug-likeness (QED) is 0.108. The molecule has 2 rings (SSSR count). The van der Waals surface area contributed by atoms with Gasteiger partial charge in [-0.05, 0) is 62.5 Å². The zero-order chi connectivity index (χ0) is 40.6. The number of esters is 1. The first-order chi connectivity index (χ1) is 25.2. The number of nitrogens with one attached hydrogen (secondary N) is 2. The summed E-state index contributed by atoms with van der Waals surface area (Å²) in [6.45, 7) is 15.9. The second kappa shape index (κ2) is 21.7. The molecule has 0 spiro atoms. The van der Waals surface area contributed by atoms with E-state index in [2.05, 4.69) is 31.4 Å². The summed E-state index contributed by atoms with van der Waals surface area (Å²) in [5.41, 5.74) is 5.88. The Bertz CT molecular complexity index is 1410. The number of urea groups is 1. The molecule has 1 aromatic carbocycles. The fourth-order valence-electron chi connectivity index (χ4n) is 5.69. The van der Waals surface area contributed by atoms with Gasteiger partial charge in [-0.25, -0.2) is 14.0 Å². The van der Waals surface area contributed by atoms with Crippen LogP contribution in [0.1, 0.15) is 105 Å². The van der Waals surface area contributed by atoms with Gasteiger partial charge in [-0.1, -0.05) is 58.9 Å². The monoisotopic (exact) mass is 762 g/mol. The third-order valence-electron chi connectivity index (χ3n) is 9.17. The third kappa shape index (κ3) is 17.4. The van der Waals surface area contributed by atoms with Crippen LogP contribution in [-0.4, -0.2) is 91.6 Å². The molecule has 54 heavy (non-hydrogen) atoms. The van der Waals surface area contributed by atoms with Crippen molar-refractivity contribution in [1.29, 1.82) is 0 Å². The van der Waals surface area contributed by atoms with Crippen LogP contribution in [-0.2, 0) is 46.4 Å². The highest BCUT2D eigenvalue weighted by molar-refractivity contribution is 5.92. The summed E-state index contributed by atoms with van der Waals surface area (Å²) in [5, 5.41) is 5.36. The summed E-state index contributed by atoms with van der Waals surface area (Å²) >= 11 is 0. The van der Waals surface area contributed by atoms with Gasteiger partial charge in [-0.3, -0.25) is 24.1 Å². The summed E-state index contributed by atoms with van der Waals surface area (Å²) in [4.78, 5) is 77.3. The normalized spacial score (nSPS) is 17.1. The number of carbonyl (C=O) groups is 6. The molecule has 0 bridgehead atoms. The molecule has 0 aliphatic carbocycles. The molecule has 4 amide bonds. The molecule has 0 radical (unpaired) electrons. The van der Waals surface area contributed by atoms with E-state index in [-0.39, 0.29) is 87.9 Å². The van der Waals surface area contributed by atoms with Crippen molar-refractivity contribution in [3.05, 3.63) is 35.4 Å². The number of primary amides is 1. The van der Waals surface area contributed by atoms with Crippen molar-refractivity contribution < 1.29 is 47.4 Å². The molecule has 13 nitrogen and oxygen atoms in total. The van der Waals surface area contributed by atoms with Crippen molar-refractivity contribution in [1.82, 2.24) is 15.5 Å². The largest absolute Gasteiger partial charge is 0.463 e. The Balaban J connectivity index is 1.99. The lowest BCUT2D eigenvalue weighted by molar-refractivity contribution is -0.154. The van der Waals surface area contributed by atoms with Crippen molar-refractivity contribution >= 4 is 35.6 Å². The first-order valence-electron chi connectivity index (χ1n) is 18.9. The van der Waals surface area contributed by atoms with Crippen LogP contribution in [0.5, 0.6) is 0 Å². The molecular formula is C40H63FN4O9. The van der Waals surface area contributed by atoms with Crippen LogP contribution in [0.15, 0.2) is 24.3 Å². The number of halogens is 1. The van der Waals surface area contributed by atoms with Gasteiger partial charge >= 0.3 is 18.1 Å². The van der Waals surface area contributed by atoms with Gasteiger partial charge in [0.15, 0.2) is 5.78 Å². The molecule has 1 aliphatic rings. The molecular weight excluding hydrogens is 699 g/mol. The Labute approximate surface area is 320 Å². The molecule has 4 N–H and O–H groups in total. The summed E-state index contributed by atoms with van der Waals surface area (Å²) in [7, 11) is 0. The van der Waals surface area contributed by atoms with Gasteiger partial charge in [0.25, 0.3) is 0 Å². The number of hydrogen-bond donors (Lipinski definition) is 3. The van der Waals surface area contributed by atoms with E-state index < -0.39 is 53.6 Å². The number of rotatable bonds is 21. The van der Waals surface area contributed by atoms with E-state index in [1.54, 1.807) is 45.0 Å². The Morgan fingerprint density at radius 3 is 2.20 bits per heavy atom. The Kier molecular flexibility index (Phi) is 18.5. The minimum atomic E-state index is -1.26. The molecule has 1 fully saturated rings. The van der Waals surface area contributed by atoms with E-state index >= 15 is 0 Å². The summed E-state index contributed by atoms with van der Waals surface area (Å²) in [6.07, 6.45) is -0.233. The number of alkyl halides is 1. The van der Waals surface area contributed by atoms with Gasteiger partial charge in [0.05, 0.1) is 30.7 Å². The van der Waals surface area contributed by atoms with Crippen LogP contribution in [0.3, 0.4) is 0 Å². The third-order valence-corrected chi connectivity index (χ3v) is 9.17. The zero-order valence-electron chi connectivity index (χ0n) is 33.5. The Hall–Kier alpha value is -4.07. The number of ketones is 2. The van der Waals surface area contributed by atoms with Crippen LogP contribution >= 0.6 is 0 Å². The molecule has 14 heteroatoms. The highest BCUT2D eigenvalue weighted by atomic mass is 19.1. The van der Waals surface area contributed by atoms with Crippen molar-refractivity contribution in [3.8, 4) is 0 Å². The van der Waals surface area contributed by atoms with E-state index in [1.807, 2.05) is 13.8 Å². The number of nitrogens with two attached hydrogens (primary N) is 1. The van der Waals surface area contributed by atoms with Gasteiger partial charge in [0.2, 0.25) is 5.91 Å². The van der Waals surface area contributed by atoms with Gasteiger partial charge in [-0.2, -0.15) is 0 Å². The van der Waals surface area contributed by atoms with Crippen molar-refractivity contribution in [2.45, 2.75) is 125 Å². The fourth-order valence-corrected chi connectivity index (χ4v) is 5.69. The second-order valence-electron chi connectivity index (χ2n) is 16.8. The number of benzene rings is 1. The van der Waals surface area contributed by atoms with Crippen LogP contribution in [0.25, 0.3) is 0 Å². The van der Waals surface area contributed by atoms with Crippen molar-refractivity contribution in [2.24, 2.45) is 28.4 Å². The average Bonchev–Trinajstić information content (AvgIpc) is 3.45. The first kappa shape index (κ1) is 46.1. The second-order valence-corrected chi connectivity index (χ2v) is 16.8. The molecule has 0 saturated carbocycles. The van der Waals surface area contributed by atoms with Gasteiger partial charge in [-0.15, -0.1) is 0 Å². The minimum absolute atomic E-state index is 0.00786. The van der Waals surface area contributed by atoms with Crippen molar-refractivity contribution in [3.63, 3.8) is 0 Å². The maximum atomic E-state index is 14.2. The lowest BCUT2D eigenvalue weighted by atomic mass is 9.88. The molecule has 1 saturated heterocycles. The van der Waals surface area contributed by atoms with Crippen LogP contribution in [0.4, 0.5) is 14.0 Å². The van der Waals surface area contributed by atoms with E-state index in [4.69, 9.17) is 19.9 Å². The number of carbonyl (C=O) groups excluding carboxylic acids is 6. The molecule has 1 aliphatic heterocycles. The highest BCUT2D eigenvalue weighted by Crippen LogP contribution is 2.24. The molecule has 304 valence electrons. The van der Waals surface area contributed by atoms with Crippen LogP contribution in [0, 0.1) is 22.7 Å². The average molecular weight is 763 g/mol. The fraction of sp³-hybridized carbons (Fsp3) is 0.700. The first-order valence-corrected chi connectivity index (χ1v) is 18.9. The van der Waals surface area contributed by atoms with E-state index in [9.17, 15) is 33.2 Å². The smallest absolute Gasteiger partial charge is 0.410 e. The molecule has 0 aromatic heterocycles. The van der Waals surface area contributed by atoms with Crippen LogP contribution < -0.4 is 16.4 Å². The van der Waals surface area contributed by atoms with E-state index in [1.165, 1.54) is 4.90 Å². The number of likely N-dealkylation sites (tertiary alicyclic amines) is 1. The molecule has 1 aromatic rings. The Morgan fingerprint density at radius 1 is 0.963 bits per heavy atom. The summed E-state index contributed by atoms with van der Waals surface area (Å²) in [6, 6.07) is 4.65. The number of ether oxygens (including phenoxy) is 3. The van der Waals surface area contributed by atoms with Gasteiger partial charge < -0.3 is 30.6 Å². The summed E-state index contributed by atoms with van der Waals surface area (Å²) < 4.78 is 30.6. The topological polar surface area (TPSA) is 183 Å². The highest BCUT2D eigenvalue weighted by Gasteiger charge is 2.38. The number of Topliss-reactive ketones (excluding diaryl/α,β-unsaturated/α-hetero) is 2. The lowest BCUT2D eigenvalue weighted by Gasteiger charge is -2.25. The predicted molar refractivity (Wildman–Crippen MR) is 202 cm³/mol. The van der Waals surface area contributed by atoms with E-state index in [0.29, 0.717) is 24.2 Å². The van der Waals surface area contributed by atoms with Crippen molar-refractivity contribution in [2.75, 3.05) is 32.9 Å². The standard InChI is InChI=1S/C40H63FN4O9/c1-26(2)32(22-31(46)15-18-52-19-16-39(3,4)5)35(48)44-33(10-9-17-43-37(42)50)34(47)20-27-11-13-28(14-12-27)24-54-38(51)45-23-29(41)21-30(45)25-53-36(49)40(6,7)8/h11-14,26,29-30,32-33H,9-10,15-25H2,1-8H3,(H,44,48)(H3,42,43,50)/t29-,30-,32-,33-/m0/s1. The van der Waals surface area contributed by atoms with Gasteiger partial charge in [0.1, 0.15) is 25.2 Å². The van der Waals surface area contributed by atoms with Crippen LogP contribution in [0.2, 0.25) is 0 Å². The number of nitrogens with zero attached hydrogens (tertiary/aromatic N) is 1. The predicted octanol–water partition coefficient (Wildman–Crippen LogP) is 5.44.